The number of aromatic nitrogens is 1. The number of carbonyl (C=O) groups is 1. The molecule has 0 saturated carbocycles. The lowest BCUT2D eigenvalue weighted by Gasteiger charge is -2.40. The molecule has 1 amide bonds. The standard InChI is InChI=1S/C25H22BrN3O/c26-21-15-20(16-27-17-21)25(30)29-13-11-28(12-14-29)24-22-7-3-1-5-18(22)9-10-19-6-2-4-8-23(19)24/h1-10,15-17,24H,11-14H2. The molecule has 0 radical (unpaired) electrons. The summed E-state index contributed by atoms with van der Waals surface area (Å²) < 4.78 is 0.825. The van der Waals surface area contributed by atoms with Crippen LogP contribution in [0.1, 0.15) is 38.7 Å². The van der Waals surface area contributed by atoms with E-state index in [9.17, 15) is 4.79 Å². The van der Waals surface area contributed by atoms with Crippen molar-refractivity contribution in [1.29, 1.82) is 0 Å². The number of hydrogen-bond acceptors (Lipinski definition) is 3. The van der Waals surface area contributed by atoms with E-state index in [4.69, 9.17) is 0 Å². The van der Waals surface area contributed by atoms with E-state index in [1.807, 2.05) is 11.0 Å². The fourth-order valence-corrected chi connectivity index (χ4v) is 4.82. The van der Waals surface area contributed by atoms with E-state index in [2.05, 4.69) is 86.5 Å². The maximum atomic E-state index is 12.9. The number of hydrogen-bond donors (Lipinski definition) is 0. The first-order valence-corrected chi connectivity index (χ1v) is 11.0. The molecule has 150 valence electrons. The molecular formula is C25H22BrN3O. The Labute approximate surface area is 185 Å². The average Bonchev–Trinajstić information content (AvgIpc) is 2.96. The normalized spacial score (nSPS) is 16.6. The zero-order valence-corrected chi connectivity index (χ0v) is 18.1. The van der Waals surface area contributed by atoms with Crippen molar-refractivity contribution in [2.45, 2.75) is 6.04 Å². The maximum absolute atomic E-state index is 12.9. The molecule has 5 rings (SSSR count). The molecule has 1 aliphatic heterocycles. The number of carbonyl (C=O) groups excluding carboxylic acids is 1. The smallest absolute Gasteiger partial charge is 0.255 e. The monoisotopic (exact) mass is 459 g/mol. The van der Waals surface area contributed by atoms with Gasteiger partial charge < -0.3 is 4.90 Å². The largest absolute Gasteiger partial charge is 0.336 e. The van der Waals surface area contributed by atoms with Crippen molar-refractivity contribution in [1.82, 2.24) is 14.8 Å². The number of amides is 1. The molecule has 1 aromatic heterocycles. The minimum atomic E-state index is 0.0479. The van der Waals surface area contributed by atoms with Crippen LogP contribution in [0, 0.1) is 0 Å². The van der Waals surface area contributed by atoms with Gasteiger partial charge in [0.25, 0.3) is 5.91 Å². The first kappa shape index (κ1) is 19.2. The van der Waals surface area contributed by atoms with Gasteiger partial charge in [-0.2, -0.15) is 0 Å². The van der Waals surface area contributed by atoms with Crippen molar-refractivity contribution >= 4 is 34.0 Å². The van der Waals surface area contributed by atoms with Gasteiger partial charge in [0.05, 0.1) is 11.6 Å². The Morgan fingerprint density at radius 3 is 2.07 bits per heavy atom. The number of halogens is 1. The second kappa shape index (κ2) is 8.17. The van der Waals surface area contributed by atoms with Crippen LogP contribution in [0.15, 0.2) is 71.5 Å². The molecule has 3 aromatic rings. The molecule has 1 saturated heterocycles. The Bertz CT molecular complexity index is 1070. The SMILES string of the molecule is O=C(c1cncc(Br)c1)N1CCN(C2c3ccccc3C=Cc3ccccc32)CC1. The zero-order valence-electron chi connectivity index (χ0n) is 16.5. The van der Waals surface area contributed by atoms with Crippen molar-refractivity contribution in [2.75, 3.05) is 26.2 Å². The zero-order chi connectivity index (χ0) is 20.5. The first-order chi connectivity index (χ1) is 14.7. The third kappa shape index (κ3) is 3.59. The van der Waals surface area contributed by atoms with Crippen molar-refractivity contribution in [3.63, 3.8) is 0 Å². The Hall–Kier alpha value is -2.76. The van der Waals surface area contributed by atoms with Gasteiger partial charge in [-0.1, -0.05) is 60.7 Å². The van der Waals surface area contributed by atoms with Crippen LogP contribution >= 0.6 is 15.9 Å². The van der Waals surface area contributed by atoms with Gasteiger partial charge in [-0.3, -0.25) is 14.7 Å². The quantitative estimate of drug-likeness (QED) is 0.547. The second-order valence-electron chi connectivity index (χ2n) is 7.71. The average molecular weight is 460 g/mol. The Kier molecular flexibility index (Phi) is 5.23. The molecule has 0 atom stereocenters. The summed E-state index contributed by atoms with van der Waals surface area (Å²) in [7, 11) is 0. The molecule has 30 heavy (non-hydrogen) atoms. The van der Waals surface area contributed by atoms with Gasteiger partial charge in [-0.05, 0) is 44.3 Å². The lowest BCUT2D eigenvalue weighted by atomic mass is 9.92. The van der Waals surface area contributed by atoms with E-state index in [0.29, 0.717) is 18.7 Å². The summed E-state index contributed by atoms with van der Waals surface area (Å²) in [6.45, 7) is 3.08. The summed E-state index contributed by atoms with van der Waals surface area (Å²) >= 11 is 3.41. The highest BCUT2D eigenvalue weighted by atomic mass is 79.9. The molecule has 0 N–H and O–H groups in total. The molecule has 0 bridgehead atoms. The van der Waals surface area contributed by atoms with Gasteiger partial charge in [0.15, 0.2) is 0 Å². The Balaban J connectivity index is 1.41. The van der Waals surface area contributed by atoms with Crippen molar-refractivity contribution in [2.24, 2.45) is 0 Å². The van der Waals surface area contributed by atoms with Crippen LogP contribution in [0.3, 0.4) is 0 Å². The van der Waals surface area contributed by atoms with Gasteiger partial charge in [0, 0.05) is 43.0 Å². The van der Waals surface area contributed by atoms with Crippen molar-refractivity contribution in [3.8, 4) is 0 Å². The van der Waals surface area contributed by atoms with E-state index < -0.39 is 0 Å². The summed E-state index contributed by atoms with van der Waals surface area (Å²) in [5, 5.41) is 0. The van der Waals surface area contributed by atoms with Crippen LogP contribution in [0.25, 0.3) is 12.2 Å². The van der Waals surface area contributed by atoms with E-state index in [1.165, 1.54) is 22.3 Å². The highest BCUT2D eigenvalue weighted by Gasteiger charge is 2.31. The summed E-state index contributed by atoms with van der Waals surface area (Å²) in [4.78, 5) is 21.5. The number of piperazine rings is 1. The van der Waals surface area contributed by atoms with Gasteiger partial charge in [0.1, 0.15) is 0 Å². The minimum absolute atomic E-state index is 0.0479. The second-order valence-corrected chi connectivity index (χ2v) is 8.63. The van der Waals surface area contributed by atoms with Crippen LogP contribution in [0.2, 0.25) is 0 Å². The molecule has 2 heterocycles. The number of fused-ring (bicyclic) bond motifs is 2. The fraction of sp³-hybridized carbons (Fsp3) is 0.200. The summed E-state index contributed by atoms with van der Waals surface area (Å²) in [5.74, 6) is 0.0479. The summed E-state index contributed by atoms with van der Waals surface area (Å²) in [5.41, 5.74) is 5.81. The van der Waals surface area contributed by atoms with Crippen molar-refractivity contribution < 1.29 is 4.79 Å². The van der Waals surface area contributed by atoms with Crippen molar-refractivity contribution in [3.05, 3.63) is 99.3 Å². The first-order valence-electron chi connectivity index (χ1n) is 10.2. The molecular weight excluding hydrogens is 438 g/mol. The van der Waals surface area contributed by atoms with Crippen LogP contribution in [0.5, 0.6) is 0 Å². The van der Waals surface area contributed by atoms with Crippen LogP contribution in [-0.4, -0.2) is 46.9 Å². The van der Waals surface area contributed by atoms with Gasteiger partial charge in [-0.25, -0.2) is 0 Å². The lowest BCUT2D eigenvalue weighted by Crippen LogP contribution is -2.50. The van der Waals surface area contributed by atoms with E-state index in [0.717, 1.165) is 17.6 Å². The molecule has 1 fully saturated rings. The highest BCUT2D eigenvalue weighted by molar-refractivity contribution is 9.10. The van der Waals surface area contributed by atoms with Gasteiger partial charge in [-0.15, -0.1) is 0 Å². The predicted octanol–water partition coefficient (Wildman–Crippen LogP) is 4.88. The molecule has 2 aliphatic rings. The Morgan fingerprint density at radius 2 is 1.47 bits per heavy atom. The van der Waals surface area contributed by atoms with E-state index in [-0.39, 0.29) is 11.9 Å². The molecule has 0 unspecified atom stereocenters. The fourth-order valence-electron chi connectivity index (χ4n) is 4.46. The number of benzene rings is 2. The lowest BCUT2D eigenvalue weighted by molar-refractivity contribution is 0.0596. The van der Waals surface area contributed by atoms with Crippen LogP contribution in [0.4, 0.5) is 0 Å². The number of rotatable bonds is 2. The number of nitrogens with zero attached hydrogens (tertiary/aromatic N) is 3. The predicted molar refractivity (Wildman–Crippen MR) is 123 cm³/mol. The summed E-state index contributed by atoms with van der Waals surface area (Å²) in [6, 6.07) is 19.3. The third-order valence-corrected chi connectivity index (χ3v) is 6.38. The molecule has 1 aliphatic carbocycles. The maximum Gasteiger partial charge on any atom is 0.255 e. The Morgan fingerprint density at radius 1 is 0.867 bits per heavy atom. The van der Waals surface area contributed by atoms with Gasteiger partial charge >= 0.3 is 0 Å². The minimum Gasteiger partial charge on any atom is -0.336 e. The molecule has 5 heteroatoms. The molecule has 4 nitrogen and oxygen atoms in total. The highest BCUT2D eigenvalue weighted by Crippen LogP contribution is 2.37. The van der Waals surface area contributed by atoms with Crippen LogP contribution in [-0.2, 0) is 0 Å². The summed E-state index contributed by atoms with van der Waals surface area (Å²) in [6.07, 6.45) is 7.77. The third-order valence-electron chi connectivity index (χ3n) is 5.94. The van der Waals surface area contributed by atoms with E-state index >= 15 is 0 Å². The topological polar surface area (TPSA) is 36.4 Å². The number of pyridine rings is 1. The molecule has 0 spiro atoms. The molecule has 2 aromatic carbocycles. The van der Waals surface area contributed by atoms with Gasteiger partial charge in [0.2, 0.25) is 0 Å². The van der Waals surface area contributed by atoms with Crippen LogP contribution < -0.4 is 0 Å². The van der Waals surface area contributed by atoms with E-state index in [1.54, 1.807) is 12.4 Å².